The molecule has 1 saturated carbocycles. The standard InChI is InChI=1S/C15H22N2O/c1-17(13-4-2-12(16)3-5-13)14-6-7-15-11(10-14)8-9-18-15/h6-7,10,12-13H,2-5,8-9,16H2,1H3. The molecule has 2 aliphatic rings. The summed E-state index contributed by atoms with van der Waals surface area (Å²) in [6.07, 6.45) is 5.79. The van der Waals surface area contributed by atoms with E-state index in [-0.39, 0.29) is 0 Å². The van der Waals surface area contributed by atoms with Gasteiger partial charge in [-0.2, -0.15) is 0 Å². The van der Waals surface area contributed by atoms with Crippen molar-refractivity contribution in [2.75, 3.05) is 18.6 Å². The first-order valence-electron chi connectivity index (χ1n) is 6.98. The molecule has 18 heavy (non-hydrogen) atoms. The van der Waals surface area contributed by atoms with Crippen molar-refractivity contribution in [3.8, 4) is 5.75 Å². The number of nitrogens with zero attached hydrogens (tertiary/aromatic N) is 1. The van der Waals surface area contributed by atoms with Crippen LogP contribution in [0.2, 0.25) is 0 Å². The predicted octanol–water partition coefficient (Wildman–Crippen LogP) is 2.33. The largest absolute Gasteiger partial charge is 0.493 e. The van der Waals surface area contributed by atoms with E-state index in [0.717, 1.165) is 31.6 Å². The fourth-order valence-electron chi connectivity index (χ4n) is 3.09. The van der Waals surface area contributed by atoms with Gasteiger partial charge in [-0.1, -0.05) is 0 Å². The molecule has 0 unspecified atom stereocenters. The van der Waals surface area contributed by atoms with E-state index in [4.69, 9.17) is 10.5 Å². The minimum absolute atomic E-state index is 0.420. The average Bonchev–Trinajstić information content (AvgIpc) is 2.86. The van der Waals surface area contributed by atoms with Crippen LogP contribution in [0.4, 0.5) is 5.69 Å². The van der Waals surface area contributed by atoms with Crippen LogP contribution in [0.5, 0.6) is 5.75 Å². The number of fused-ring (bicyclic) bond motifs is 1. The topological polar surface area (TPSA) is 38.5 Å². The van der Waals surface area contributed by atoms with E-state index in [1.54, 1.807) is 0 Å². The second-order valence-corrected chi connectivity index (χ2v) is 5.57. The fourth-order valence-corrected chi connectivity index (χ4v) is 3.09. The van der Waals surface area contributed by atoms with E-state index in [1.807, 2.05) is 0 Å². The summed E-state index contributed by atoms with van der Waals surface area (Å²) in [5.74, 6) is 1.07. The van der Waals surface area contributed by atoms with Crippen molar-refractivity contribution in [1.82, 2.24) is 0 Å². The maximum Gasteiger partial charge on any atom is 0.122 e. The van der Waals surface area contributed by atoms with Crippen LogP contribution in [-0.4, -0.2) is 25.7 Å². The van der Waals surface area contributed by atoms with Crippen molar-refractivity contribution in [3.63, 3.8) is 0 Å². The number of ether oxygens (including phenoxy) is 1. The molecule has 1 fully saturated rings. The summed E-state index contributed by atoms with van der Waals surface area (Å²) in [5.41, 5.74) is 8.65. The number of benzene rings is 1. The molecule has 1 aliphatic heterocycles. The zero-order valence-corrected chi connectivity index (χ0v) is 11.1. The van der Waals surface area contributed by atoms with Crippen molar-refractivity contribution in [2.45, 2.75) is 44.2 Å². The van der Waals surface area contributed by atoms with Crippen molar-refractivity contribution >= 4 is 5.69 Å². The van der Waals surface area contributed by atoms with E-state index in [2.05, 4.69) is 30.1 Å². The molecule has 1 aromatic carbocycles. The highest BCUT2D eigenvalue weighted by Gasteiger charge is 2.23. The van der Waals surface area contributed by atoms with Gasteiger partial charge in [0.05, 0.1) is 6.61 Å². The van der Waals surface area contributed by atoms with Gasteiger partial charge in [-0.05, 0) is 49.4 Å². The first-order valence-corrected chi connectivity index (χ1v) is 6.98. The first-order chi connectivity index (χ1) is 8.74. The van der Waals surface area contributed by atoms with Crippen LogP contribution >= 0.6 is 0 Å². The summed E-state index contributed by atoms with van der Waals surface area (Å²) in [7, 11) is 2.21. The van der Waals surface area contributed by atoms with Crippen LogP contribution in [0.15, 0.2) is 18.2 Å². The van der Waals surface area contributed by atoms with Gasteiger partial charge in [0, 0.05) is 31.2 Å². The Morgan fingerprint density at radius 2 is 2.00 bits per heavy atom. The third-order valence-corrected chi connectivity index (χ3v) is 4.37. The second-order valence-electron chi connectivity index (χ2n) is 5.57. The van der Waals surface area contributed by atoms with Crippen LogP contribution in [0.3, 0.4) is 0 Å². The molecule has 1 aromatic rings. The highest BCUT2D eigenvalue weighted by molar-refractivity contribution is 5.54. The minimum atomic E-state index is 0.420. The maximum atomic E-state index is 5.97. The molecular weight excluding hydrogens is 224 g/mol. The van der Waals surface area contributed by atoms with Gasteiger partial charge < -0.3 is 15.4 Å². The second kappa shape index (κ2) is 4.81. The fraction of sp³-hybridized carbons (Fsp3) is 0.600. The molecular formula is C15H22N2O. The minimum Gasteiger partial charge on any atom is -0.493 e. The lowest BCUT2D eigenvalue weighted by atomic mass is 9.90. The van der Waals surface area contributed by atoms with Crippen molar-refractivity contribution in [1.29, 1.82) is 0 Å². The van der Waals surface area contributed by atoms with Gasteiger partial charge in [-0.15, -0.1) is 0 Å². The average molecular weight is 246 g/mol. The summed E-state index contributed by atoms with van der Waals surface area (Å²) < 4.78 is 5.56. The van der Waals surface area contributed by atoms with E-state index in [9.17, 15) is 0 Å². The van der Waals surface area contributed by atoms with Gasteiger partial charge in [0.25, 0.3) is 0 Å². The summed E-state index contributed by atoms with van der Waals surface area (Å²) in [6.45, 7) is 0.834. The lowest BCUT2D eigenvalue weighted by molar-refractivity contribution is 0.357. The molecule has 98 valence electrons. The van der Waals surface area contributed by atoms with Crippen LogP contribution in [0.1, 0.15) is 31.2 Å². The van der Waals surface area contributed by atoms with Crippen molar-refractivity contribution in [3.05, 3.63) is 23.8 Å². The summed E-state index contributed by atoms with van der Waals surface area (Å²) >= 11 is 0. The predicted molar refractivity (Wildman–Crippen MR) is 74.3 cm³/mol. The smallest absolute Gasteiger partial charge is 0.122 e. The number of nitrogens with two attached hydrogens (primary N) is 1. The van der Waals surface area contributed by atoms with E-state index < -0.39 is 0 Å². The maximum absolute atomic E-state index is 5.97. The van der Waals surface area contributed by atoms with Gasteiger partial charge >= 0.3 is 0 Å². The van der Waals surface area contributed by atoms with Gasteiger partial charge in [0.2, 0.25) is 0 Å². The molecule has 1 aliphatic carbocycles. The summed E-state index contributed by atoms with van der Waals surface area (Å²) in [5, 5.41) is 0. The molecule has 0 saturated heterocycles. The molecule has 2 N–H and O–H groups in total. The van der Waals surface area contributed by atoms with Gasteiger partial charge in [-0.25, -0.2) is 0 Å². The Hall–Kier alpha value is -1.22. The summed E-state index contributed by atoms with van der Waals surface area (Å²) in [4.78, 5) is 2.42. The van der Waals surface area contributed by atoms with Crippen molar-refractivity contribution in [2.24, 2.45) is 5.73 Å². The Morgan fingerprint density at radius 1 is 1.22 bits per heavy atom. The van der Waals surface area contributed by atoms with Crippen LogP contribution in [0, 0.1) is 0 Å². The molecule has 0 spiro atoms. The molecule has 3 nitrogen and oxygen atoms in total. The lowest BCUT2D eigenvalue weighted by Crippen LogP contribution is -2.38. The Balaban J connectivity index is 1.74. The Bertz CT molecular complexity index is 425. The molecule has 0 atom stereocenters. The number of anilines is 1. The molecule has 0 amide bonds. The molecule has 3 heteroatoms. The molecule has 1 heterocycles. The van der Waals surface area contributed by atoms with E-state index in [0.29, 0.717) is 12.1 Å². The quantitative estimate of drug-likeness (QED) is 0.870. The van der Waals surface area contributed by atoms with Crippen LogP contribution in [-0.2, 0) is 6.42 Å². The van der Waals surface area contributed by atoms with Gasteiger partial charge in [0.15, 0.2) is 0 Å². The third-order valence-electron chi connectivity index (χ3n) is 4.37. The van der Waals surface area contributed by atoms with E-state index in [1.165, 1.54) is 24.1 Å². The molecule has 0 radical (unpaired) electrons. The molecule has 0 bridgehead atoms. The Labute approximate surface area is 109 Å². The Morgan fingerprint density at radius 3 is 2.78 bits per heavy atom. The number of rotatable bonds is 2. The number of hydrogen-bond acceptors (Lipinski definition) is 3. The van der Waals surface area contributed by atoms with Gasteiger partial charge in [0.1, 0.15) is 5.75 Å². The molecule has 0 aromatic heterocycles. The van der Waals surface area contributed by atoms with Crippen LogP contribution in [0.25, 0.3) is 0 Å². The normalized spacial score (nSPS) is 26.6. The monoisotopic (exact) mass is 246 g/mol. The van der Waals surface area contributed by atoms with E-state index >= 15 is 0 Å². The highest BCUT2D eigenvalue weighted by atomic mass is 16.5. The Kier molecular flexibility index (Phi) is 3.16. The SMILES string of the molecule is CN(c1ccc2c(c1)CCO2)C1CCC(N)CC1. The first kappa shape index (κ1) is 11.8. The van der Waals surface area contributed by atoms with Gasteiger partial charge in [-0.3, -0.25) is 0 Å². The lowest BCUT2D eigenvalue weighted by Gasteiger charge is -2.35. The highest BCUT2D eigenvalue weighted by Crippen LogP contribution is 2.32. The summed E-state index contributed by atoms with van der Waals surface area (Å²) in [6, 6.07) is 7.64. The number of hydrogen-bond donors (Lipinski definition) is 1. The zero-order valence-electron chi connectivity index (χ0n) is 11.1. The zero-order chi connectivity index (χ0) is 12.5. The van der Waals surface area contributed by atoms with Crippen LogP contribution < -0.4 is 15.4 Å². The molecule has 3 rings (SSSR count). The third kappa shape index (κ3) is 2.19. The van der Waals surface area contributed by atoms with Crippen molar-refractivity contribution < 1.29 is 4.74 Å².